The smallest absolute Gasteiger partial charge is 0.283 e. The van der Waals surface area contributed by atoms with Crippen LogP contribution in [0, 0.1) is 11.6 Å². The maximum Gasteiger partial charge on any atom is 0.283 e. The predicted molar refractivity (Wildman–Crippen MR) is 139 cm³/mol. The molecule has 0 spiro atoms. The number of hydrogen-bond donors (Lipinski definition) is 3. The van der Waals surface area contributed by atoms with Crippen LogP contribution >= 0.6 is 0 Å². The van der Waals surface area contributed by atoms with Crippen LogP contribution in [0.2, 0.25) is 0 Å². The van der Waals surface area contributed by atoms with Crippen molar-refractivity contribution in [2.75, 3.05) is 51.9 Å². The predicted octanol–water partition coefficient (Wildman–Crippen LogP) is 4.87. The maximum atomic E-state index is 15.8. The van der Waals surface area contributed by atoms with Gasteiger partial charge in [0.25, 0.3) is 5.92 Å². The van der Waals surface area contributed by atoms with Gasteiger partial charge in [-0.25, -0.2) is 17.6 Å². The van der Waals surface area contributed by atoms with Gasteiger partial charge in [-0.05, 0) is 55.7 Å². The van der Waals surface area contributed by atoms with E-state index in [1.807, 2.05) is 11.0 Å². The molecule has 0 amide bonds. The number of fused-ring (bicyclic) bond motifs is 3. The van der Waals surface area contributed by atoms with Crippen LogP contribution in [0.25, 0.3) is 10.9 Å². The lowest BCUT2D eigenvalue weighted by molar-refractivity contribution is -0.0869. The van der Waals surface area contributed by atoms with Gasteiger partial charge >= 0.3 is 0 Å². The molecule has 0 aliphatic carbocycles. The van der Waals surface area contributed by atoms with E-state index in [0.29, 0.717) is 49.4 Å². The summed E-state index contributed by atoms with van der Waals surface area (Å²) in [5, 5.41) is 13.2. The number of aromatic nitrogens is 1. The van der Waals surface area contributed by atoms with E-state index in [4.69, 9.17) is 4.74 Å². The summed E-state index contributed by atoms with van der Waals surface area (Å²) in [6.07, 6.45) is 0.808. The van der Waals surface area contributed by atoms with Crippen LogP contribution in [0.4, 0.5) is 27.6 Å². The van der Waals surface area contributed by atoms with Crippen LogP contribution in [-0.2, 0) is 6.42 Å². The second-order valence-electron chi connectivity index (χ2n) is 10.6. The van der Waals surface area contributed by atoms with Crippen LogP contribution in [0.15, 0.2) is 30.3 Å². The van der Waals surface area contributed by atoms with Gasteiger partial charge in [0, 0.05) is 53.5 Å². The van der Waals surface area contributed by atoms with E-state index in [9.17, 15) is 18.3 Å². The highest BCUT2D eigenvalue weighted by Crippen LogP contribution is 2.44. The Kier molecular flexibility index (Phi) is 7.76. The van der Waals surface area contributed by atoms with Gasteiger partial charge in [-0.3, -0.25) is 14.2 Å². The molecule has 2 atom stereocenters. The average molecular weight is 553 g/mol. The van der Waals surface area contributed by atoms with Gasteiger partial charge in [-0.15, -0.1) is 0 Å². The summed E-state index contributed by atoms with van der Waals surface area (Å²) < 4.78 is 78.3. The zero-order chi connectivity index (χ0) is 27.9. The summed E-state index contributed by atoms with van der Waals surface area (Å²) in [7, 11) is 1.54. The number of alkyl halides is 3. The molecule has 212 valence electrons. The number of aliphatic hydroxyl groups is 1. The highest BCUT2D eigenvalue weighted by Gasteiger charge is 2.43. The van der Waals surface area contributed by atoms with Crippen LogP contribution in [0.3, 0.4) is 0 Å². The first-order valence-electron chi connectivity index (χ1n) is 13.1. The Balaban J connectivity index is 1.52. The molecule has 2 aromatic carbocycles. The standard InChI is InChI=1S/C28H33F5N4O2/c1-16-8-21-20-11-19(39-2)4-5-24(20)35-26(21)27(37(16)14-28(32,33)15-38)25-22(30)9-17(10-23(25)31)34-18-12-36(13-18)7-3-6-29/h4-5,9-11,16,18,27,34-35,38H,3,6-8,12-15H2,1-2H3/t16-,27-/m1/s1. The van der Waals surface area contributed by atoms with Crippen molar-refractivity contribution in [2.45, 2.75) is 43.8 Å². The lowest BCUT2D eigenvalue weighted by atomic mass is 9.87. The van der Waals surface area contributed by atoms with Crippen molar-refractivity contribution < 1.29 is 31.8 Å². The molecule has 5 rings (SSSR count). The van der Waals surface area contributed by atoms with E-state index in [-0.39, 0.29) is 24.0 Å². The number of halogens is 5. The summed E-state index contributed by atoms with van der Waals surface area (Å²) >= 11 is 0. The number of anilines is 1. The Labute approximate surface area is 223 Å². The summed E-state index contributed by atoms with van der Waals surface area (Å²) in [5.41, 5.74) is 1.84. The van der Waals surface area contributed by atoms with Gasteiger partial charge < -0.3 is 20.1 Å². The highest BCUT2D eigenvalue weighted by molar-refractivity contribution is 5.87. The largest absolute Gasteiger partial charge is 0.497 e. The number of likely N-dealkylation sites (tertiary alicyclic amines) is 1. The summed E-state index contributed by atoms with van der Waals surface area (Å²) in [4.78, 5) is 6.63. The molecule has 1 fully saturated rings. The normalized spacial score (nSPS) is 20.7. The second kappa shape index (κ2) is 10.9. The fraction of sp³-hybridized carbons (Fsp3) is 0.500. The minimum Gasteiger partial charge on any atom is -0.497 e. The number of methoxy groups -OCH3 is 1. The molecular weight excluding hydrogens is 519 g/mol. The second-order valence-corrected chi connectivity index (χ2v) is 10.6. The molecule has 11 heteroatoms. The van der Waals surface area contributed by atoms with Crippen molar-refractivity contribution in [1.29, 1.82) is 0 Å². The SMILES string of the molecule is COc1ccc2[nH]c3c(c2c1)C[C@@H](C)N(CC(F)(F)CO)[C@@H]3c1c(F)cc(NC2CN(CCCF)C2)cc1F. The van der Waals surface area contributed by atoms with Gasteiger partial charge in [0.2, 0.25) is 0 Å². The minimum absolute atomic E-state index is 0.0287. The Morgan fingerprint density at radius 2 is 1.87 bits per heavy atom. The van der Waals surface area contributed by atoms with Crippen molar-refractivity contribution >= 4 is 16.6 Å². The molecule has 1 saturated heterocycles. The molecule has 0 saturated carbocycles. The molecule has 2 aliphatic rings. The number of rotatable bonds is 10. The quantitative estimate of drug-likeness (QED) is 0.313. The zero-order valence-corrected chi connectivity index (χ0v) is 21.9. The molecule has 0 unspecified atom stereocenters. The molecule has 6 nitrogen and oxygen atoms in total. The molecule has 3 heterocycles. The van der Waals surface area contributed by atoms with E-state index in [0.717, 1.165) is 10.9 Å². The Morgan fingerprint density at radius 1 is 1.15 bits per heavy atom. The van der Waals surface area contributed by atoms with Crippen molar-refractivity contribution in [3.63, 3.8) is 0 Å². The first-order chi connectivity index (χ1) is 18.6. The van der Waals surface area contributed by atoms with Gasteiger partial charge in [0.1, 0.15) is 24.0 Å². The van der Waals surface area contributed by atoms with Crippen molar-refractivity contribution in [3.05, 3.63) is 58.8 Å². The van der Waals surface area contributed by atoms with Crippen molar-refractivity contribution in [1.82, 2.24) is 14.8 Å². The maximum absolute atomic E-state index is 15.8. The monoisotopic (exact) mass is 552 g/mol. The Hall–Kier alpha value is -2.89. The molecule has 3 N–H and O–H groups in total. The average Bonchev–Trinajstić information content (AvgIpc) is 3.23. The lowest BCUT2D eigenvalue weighted by Crippen LogP contribution is -2.54. The first kappa shape index (κ1) is 27.7. The number of benzene rings is 2. The number of aliphatic hydroxyl groups excluding tert-OH is 1. The minimum atomic E-state index is -3.47. The zero-order valence-electron chi connectivity index (χ0n) is 21.9. The fourth-order valence-electron chi connectivity index (χ4n) is 5.83. The van der Waals surface area contributed by atoms with Crippen LogP contribution in [0.5, 0.6) is 5.75 Å². The molecule has 3 aromatic rings. The van der Waals surface area contributed by atoms with Gasteiger partial charge in [-0.1, -0.05) is 0 Å². The molecule has 2 aliphatic heterocycles. The van der Waals surface area contributed by atoms with Gasteiger partial charge in [0.15, 0.2) is 0 Å². The topological polar surface area (TPSA) is 63.8 Å². The molecular formula is C28H33F5N4O2. The van der Waals surface area contributed by atoms with E-state index in [1.54, 1.807) is 19.1 Å². The lowest BCUT2D eigenvalue weighted by Gasteiger charge is -2.42. The third kappa shape index (κ3) is 5.44. The number of hydrogen-bond acceptors (Lipinski definition) is 5. The number of nitrogens with one attached hydrogen (secondary N) is 2. The third-order valence-electron chi connectivity index (χ3n) is 7.75. The number of aromatic amines is 1. The molecule has 0 radical (unpaired) electrons. The van der Waals surface area contributed by atoms with Crippen LogP contribution in [-0.4, -0.2) is 84.5 Å². The molecule has 39 heavy (non-hydrogen) atoms. The highest BCUT2D eigenvalue weighted by atomic mass is 19.3. The molecule has 1 aromatic heterocycles. The third-order valence-corrected chi connectivity index (χ3v) is 7.75. The Morgan fingerprint density at radius 3 is 2.51 bits per heavy atom. The van der Waals surface area contributed by atoms with Crippen LogP contribution in [0.1, 0.15) is 36.2 Å². The van der Waals surface area contributed by atoms with E-state index >= 15 is 8.78 Å². The van der Waals surface area contributed by atoms with Crippen molar-refractivity contribution in [3.8, 4) is 5.75 Å². The first-order valence-corrected chi connectivity index (χ1v) is 13.1. The van der Waals surface area contributed by atoms with Crippen molar-refractivity contribution in [2.24, 2.45) is 0 Å². The summed E-state index contributed by atoms with van der Waals surface area (Å²) in [6.45, 7) is 0.996. The summed E-state index contributed by atoms with van der Waals surface area (Å²) in [5.74, 6) is -4.57. The fourth-order valence-corrected chi connectivity index (χ4v) is 5.83. The van der Waals surface area contributed by atoms with Gasteiger partial charge in [0.05, 0.1) is 32.4 Å². The van der Waals surface area contributed by atoms with Gasteiger partial charge in [-0.2, -0.15) is 0 Å². The number of H-pyrrole nitrogens is 1. The van der Waals surface area contributed by atoms with E-state index in [2.05, 4.69) is 10.3 Å². The summed E-state index contributed by atoms with van der Waals surface area (Å²) in [6, 6.07) is 6.03. The number of ether oxygens (including phenoxy) is 1. The molecule has 0 bridgehead atoms. The van der Waals surface area contributed by atoms with Crippen LogP contribution < -0.4 is 10.1 Å². The number of nitrogens with zero attached hydrogens (tertiary/aromatic N) is 2. The Bertz CT molecular complexity index is 1300. The van der Waals surface area contributed by atoms with E-state index in [1.165, 1.54) is 24.1 Å². The van der Waals surface area contributed by atoms with E-state index < -0.39 is 42.8 Å².